The first-order valence-electron chi connectivity index (χ1n) is 13.2. The van der Waals surface area contributed by atoms with Gasteiger partial charge in [-0.3, -0.25) is 0 Å². The first kappa shape index (κ1) is 25.4. The van der Waals surface area contributed by atoms with Crippen molar-refractivity contribution in [2.24, 2.45) is 34.5 Å². The number of hydrogen-bond acceptors (Lipinski definition) is 4. The molecule has 4 nitrogen and oxygen atoms in total. The Morgan fingerprint density at radius 3 is 2.53 bits per heavy atom. The normalized spacial score (nSPS) is 43.3. The van der Waals surface area contributed by atoms with Gasteiger partial charge in [0.15, 0.2) is 0 Å². The first-order valence-corrected chi connectivity index (χ1v) is 13.2. The summed E-state index contributed by atoms with van der Waals surface area (Å²) in [6.45, 7) is 19.0. The fraction of sp³-hybridized carbons (Fsp3) is 0.700. The van der Waals surface area contributed by atoms with Crippen LogP contribution >= 0.6 is 0 Å². The molecular weight excluding hydrogens is 424 g/mol. The Labute approximate surface area is 205 Å². The maximum Gasteiger partial charge on any atom is 0.334 e. The predicted octanol–water partition coefficient (Wildman–Crippen LogP) is 5.91. The highest BCUT2D eigenvalue weighted by molar-refractivity contribution is 5.91. The minimum absolute atomic E-state index is 0.0916. The molecule has 2 N–H and O–H groups in total. The quantitative estimate of drug-likeness (QED) is 0.398. The number of fused-ring (bicyclic) bond motifs is 1. The maximum atomic E-state index is 12.1. The van der Waals surface area contributed by atoms with Gasteiger partial charge < -0.3 is 14.9 Å². The smallest absolute Gasteiger partial charge is 0.334 e. The van der Waals surface area contributed by atoms with E-state index in [0.717, 1.165) is 24.0 Å². The van der Waals surface area contributed by atoms with Crippen LogP contribution in [0.1, 0.15) is 79.6 Å². The highest BCUT2D eigenvalue weighted by Gasteiger charge is 2.53. The van der Waals surface area contributed by atoms with Crippen molar-refractivity contribution in [1.29, 1.82) is 0 Å². The Hall–Kier alpha value is -1.65. The highest BCUT2D eigenvalue weighted by atomic mass is 16.6. The van der Waals surface area contributed by atoms with Gasteiger partial charge >= 0.3 is 5.97 Å². The minimum atomic E-state index is -0.674. The van der Waals surface area contributed by atoms with Crippen molar-refractivity contribution in [2.75, 3.05) is 0 Å². The van der Waals surface area contributed by atoms with E-state index < -0.39 is 12.2 Å². The molecule has 0 amide bonds. The Morgan fingerprint density at radius 1 is 1.18 bits per heavy atom. The van der Waals surface area contributed by atoms with Crippen molar-refractivity contribution in [3.05, 3.63) is 47.6 Å². The molecule has 34 heavy (non-hydrogen) atoms. The van der Waals surface area contributed by atoms with Gasteiger partial charge in [-0.1, -0.05) is 65.5 Å². The van der Waals surface area contributed by atoms with Crippen molar-refractivity contribution < 1.29 is 19.7 Å². The fourth-order valence-corrected chi connectivity index (χ4v) is 7.51. The lowest BCUT2D eigenvalue weighted by atomic mass is 9.60. The lowest BCUT2D eigenvalue weighted by molar-refractivity contribution is -0.140. The Balaban J connectivity index is 1.50. The largest absolute Gasteiger partial charge is 0.458 e. The molecule has 4 heteroatoms. The summed E-state index contributed by atoms with van der Waals surface area (Å²) in [5.41, 5.74) is 3.79. The van der Waals surface area contributed by atoms with E-state index in [1.165, 1.54) is 31.3 Å². The summed E-state index contributed by atoms with van der Waals surface area (Å²) in [6.07, 6.45) is 10.5. The van der Waals surface area contributed by atoms with Crippen LogP contribution < -0.4 is 0 Å². The second-order valence-electron chi connectivity index (χ2n) is 12.4. The monoisotopic (exact) mass is 468 g/mol. The second-order valence-corrected chi connectivity index (χ2v) is 12.4. The number of aliphatic hydroxyl groups is 2. The van der Waals surface area contributed by atoms with Gasteiger partial charge in [-0.05, 0) is 79.3 Å². The molecule has 3 aliphatic carbocycles. The predicted molar refractivity (Wildman–Crippen MR) is 136 cm³/mol. The van der Waals surface area contributed by atoms with Crippen molar-refractivity contribution in [3.8, 4) is 0 Å². The number of ether oxygens (including phenoxy) is 1. The van der Waals surface area contributed by atoms with Gasteiger partial charge in [0, 0.05) is 16.9 Å². The molecule has 1 heterocycles. The fourth-order valence-electron chi connectivity index (χ4n) is 7.51. The molecule has 1 saturated heterocycles. The van der Waals surface area contributed by atoms with Crippen LogP contribution in [-0.4, -0.2) is 34.5 Å². The molecule has 188 valence electrons. The molecule has 0 aromatic heterocycles. The van der Waals surface area contributed by atoms with Crippen LogP contribution in [0.15, 0.2) is 47.6 Å². The van der Waals surface area contributed by atoms with E-state index in [2.05, 4.69) is 53.0 Å². The summed E-state index contributed by atoms with van der Waals surface area (Å²) in [5.74, 6) is 1.23. The minimum Gasteiger partial charge on any atom is -0.458 e. The molecule has 0 bridgehead atoms. The third-order valence-corrected chi connectivity index (χ3v) is 10.2. The highest BCUT2D eigenvalue weighted by Crippen LogP contribution is 2.60. The average Bonchev–Trinajstić information content (AvgIpc) is 3.23. The molecule has 4 aliphatic rings. The van der Waals surface area contributed by atoms with Crippen LogP contribution in [0.2, 0.25) is 0 Å². The molecule has 0 radical (unpaired) electrons. The third kappa shape index (κ3) is 4.15. The number of carbonyl (C=O) groups is 1. The van der Waals surface area contributed by atoms with E-state index in [0.29, 0.717) is 29.7 Å². The molecular formula is C30H44O4. The van der Waals surface area contributed by atoms with Crippen LogP contribution in [0.5, 0.6) is 0 Å². The zero-order valence-electron chi connectivity index (χ0n) is 21.8. The molecule has 4 rings (SSSR count). The van der Waals surface area contributed by atoms with E-state index in [9.17, 15) is 15.0 Å². The van der Waals surface area contributed by atoms with Crippen LogP contribution in [-0.2, 0) is 9.53 Å². The number of esters is 1. The Bertz CT molecular complexity index is 924. The molecule has 0 aromatic rings. The number of allylic oxidation sites excluding steroid dienone is 3. The summed E-state index contributed by atoms with van der Waals surface area (Å²) in [5, 5.41) is 20.8. The summed E-state index contributed by atoms with van der Waals surface area (Å²) in [7, 11) is 0. The summed E-state index contributed by atoms with van der Waals surface area (Å²) < 4.78 is 5.74. The molecule has 8 atom stereocenters. The van der Waals surface area contributed by atoms with E-state index in [1.807, 2.05) is 6.92 Å². The van der Waals surface area contributed by atoms with Crippen LogP contribution in [0.3, 0.4) is 0 Å². The zero-order chi connectivity index (χ0) is 25.0. The molecule has 3 saturated carbocycles. The zero-order valence-corrected chi connectivity index (χ0v) is 21.8. The first-order chi connectivity index (χ1) is 15.9. The molecule has 4 fully saturated rings. The van der Waals surface area contributed by atoms with Gasteiger partial charge in [0.2, 0.25) is 0 Å². The van der Waals surface area contributed by atoms with Gasteiger partial charge in [0.25, 0.3) is 0 Å². The van der Waals surface area contributed by atoms with Crippen LogP contribution in [0.4, 0.5) is 0 Å². The SMILES string of the molecule is C=C1C(=CC=C2CCC[C@]3(C)[C@@H]([C@H](C)C[C@H]4OC(=O)C(=C)C4(C)C)CC[C@@H]23)C[C@@H](O)[C@H](C)[C@@H]1O. The summed E-state index contributed by atoms with van der Waals surface area (Å²) in [4.78, 5) is 12.1. The topological polar surface area (TPSA) is 66.8 Å². The summed E-state index contributed by atoms with van der Waals surface area (Å²) >= 11 is 0. The van der Waals surface area contributed by atoms with Gasteiger partial charge in [-0.15, -0.1) is 0 Å². The second kappa shape index (κ2) is 9.09. The lowest BCUT2D eigenvalue weighted by Gasteiger charge is -2.45. The van der Waals surface area contributed by atoms with Gasteiger partial charge in [0.05, 0.1) is 12.2 Å². The van der Waals surface area contributed by atoms with E-state index in [-0.39, 0.29) is 28.8 Å². The average molecular weight is 469 g/mol. The number of hydrogen-bond donors (Lipinski definition) is 2. The number of rotatable bonds is 4. The van der Waals surface area contributed by atoms with Gasteiger partial charge in [0.1, 0.15) is 6.10 Å². The Morgan fingerprint density at radius 2 is 1.88 bits per heavy atom. The number of aliphatic hydroxyl groups excluding tert-OH is 2. The lowest BCUT2D eigenvalue weighted by Crippen LogP contribution is -2.38. The van der Waals surface area contributed by atoms with Gasteiger partial charge in [-0.2, -0.15) is 0 Å². The molecule has 1 aliphatic heterocycles. The van der Waals surface area contributed by atoms with Crippen LogP contribution in [0, 0.1) is 34.5 Å². The van der Waals surface area contributed by atoms with Crippen LogP contribution in [0.25, 0.3) is 0 Å². The summed E-state index contributed by atoms with van der Waals surface area (Å²) in [6, 6.07) is 0. The van der Waals surface area contributed by atoms with Crippen molar-refractivity contribution in [2.45, 2.75) is 97.9 Å². The number of cyclic esters (lactones) is 1. The van der Waals surface area contributed by atoms with E-state index >= 15 is 0 Å². The van der Waals surface area contributed by atoms with Crippen molar-refractivity contribution in [3.63, 3.8) is 0 Å². The molecule has 0 spiro atoms. The standard InChI is InChI=1S/C30H44O4/c1-17(15-26-29(5,6)20(4)28(33)34-26)23-12-13-24-21(9-8-14-30(23,24)7)10-11-22-16-25(31)19(3)27(32)18(22)2/h10-11,17,19,23-27,31-32H,2,4,8-9,12-16H2,1,3,5-7H3/t17-,19+,23-,24+,25-,26-,27-,30-/m1/s1. The molecule has 0 aromatic carbocycles. The maximum absolute atomic E-state index is 12.1. The third-order valence-electron chi connectivity index (χ3n) is 10.2. The number of carbonyl (C=O) groups excluding carboxylic acids is 1. The Kier molecular flexibility index (Phi) is 6.81. The molecule has 0 unspecified atom stereocenters. The van der Waals surface area contributed by atoms with E-state index in [1.54, 1.807) is 0 Å². The van der Waals surface area contributed by atoms with Gasteiger partial charge in [-0.25, -0.2) is 4.79 Å². The van der Waals surface area contributed by atoms with Crippen molar-refractivity contribution >= 4 is 5.97 Å². The van der Waals surface area contributed by atoms with Crippen molar-refractivity contribution in [1.82, 2.24) is 0 Å². The van der Waals surface area contributed by atoms with E-state index in [4.69, 9.17) is 4.74 Å².